The van der Waals surface area contributed by atoms with Gasteiger partial charge in [-0.3, -0.25) is 9.59 Å². The summed E-state index contributed by atoms with van der Waals surface area (Å²) >= 11 is 1.40. The zero-order valence-corrected chi connectivity index (χ0v) is 8.93. The Morgan fingerprint density at radius 3 is 2.31 bits per heavy atom. The molecule has 0 heterocycles. The van der Waals surface area contributed by atoms with Gasteiger partial charge in [-0.25, -0.2) is 0 Å². The number of hydrogen-bond donors (Lipinski definition) is 1. The first-order chi connectivity index (χ1) is 5.99. The number of aliphatic carboxylic acids is 1. The molecule has 0 aliphatic rings. The maximum atomic E-state index is 11.4. The van der Waals surface area contributed by atoms with Crippen molar-refractivity contribution in [1.29, 1.82) is 0 Å². The minimum absolute atomic E-state index is 0.0595. The number of hydrogen-bond acceptors (Lipinski definition) is 3. The van der Waals surface area contributed by atoms with E-state index >= 15 is 0 Å². The molecule has 0 aromatic heterocycles. The van der Waals surface area contributed by atoms with Crippen molar-refractivity contribution in [2.45, 2.75) is 19.9 Å². The van der Waals surface area contributed by atoms with Crippen molar-refractivity contribution < 1.29 is 14.7 Å². The van der Waals surface area contributed by atoms with Crippen LogP contribution >= 0.6 is 11.8 Å². The second-order valence-electron chi connectivity index (χ2n) is 2.94. The summed E-state index contributed by atoms with van der Waals surface area (Å²) in [5.41, 5.74) is 0. The molecule has 0 saturated heterocycles. The van der Waals surface area contributed by atoms with Gasteiger partial charge in [0, 0.05) is 6.04 Å². The Labute approximate surface area is 82.3 Å². The first-order valence-electron chi connectivity index (χ1n) is 3.99. The lowest BCUT2D eigenvalue weighted by atomic mass is 10.3. The molecule has 0 aromatic rings. The third kappa shape index (κ3) is 4.77. The summed E-state index contributed by atoms with van der Waals surface area (Å²) in [6, 6.07) is -0.0595. The lowest BCUT2D eigenvalue weighted by Crippen LogP contribution is -2.41. The molecular weight excluding hydrogens is 190 g/mol. The van der Waals surface area contributed by atoms with Crippen LogP contribution in [0.15, 0.2) is 0 Å². The molecule has 0 atom stereocenters. The highest BCUT2D eigenvalue weighted by Crippen LogP contribution is 2.02. The number of carbonyl (C=O) groups excluding carboxylic acids is 1. The molecule has 0 bridgehead atoms. The molecule has 1 N–H and O–H groups in total. The maximum Gasteiger partial charge on any atom is 0.323 e. The summed E-state index contributed by atoms with van der Waals surface area (Å²) in [5, 5.41) is 8.55. The summed E-state index contributed by atoms with van der Waals surface area (Å²) in [6.45, 7) is 3.40. The minimum Gasteiger partial charge on any atom is -0.480 e. The second kappa shape index (κ2) is 5.85. The zero-order valence-electron chi connectivity index (χ0n) is 8.11. The Balaban J connectivity index is 4.24. The maximum absolute atomic E-state index is 11.4. The van der Waals surface area contributed by atoms with E-state index in [1.54, 1.807) is 13.8 Å². The van der Waals surface area contributed by atoms with Crippen LogP contribution in [-0.4, -0.2) is 46.5 Å². The molecule has 0 unspecified atom stereocenters. The van der Waals surface area contributed by atoms with Gasteiger partial charge in [-0.2, -0.15) is 11.8 Å². The van der Waals surface area contributed by atoms with Gasteiger partial charge >= 0.3 is 5.97 Å². The van der Waals surface area contributed by atoms with Crippen LogP contribution in [0.1, 0.15) is 13.8 Å². The van der Waals surface area contributed by atoms with Gasteiger partial charge < -0.3 is 10.0 Å². The molecule has 4 nitrogen and oxygen atoms in total. The molecule has 0 aromatic carbocycles. The fourth-order valence-electron chi connectivity index (χ4n) is 0.911. The Kier molecular flexibility index (Phi) is 5.53. The molecule has 0 fully saturated rings. The average Bonchev–Trinajstić information content (AvgIpc) is 1.99. The molecule has 13 heavy (non-hydrogen) atoms. The molecule has 0 rings (SSSR count). The van der Waals surface area contributed by atoms with Crippen molar-refractivity contribution in [2.24, 2.45) is 0 Å². The second-order valence-corrected chi connectivity index (χ2v) is 3.81. The smallest absolute Gasteiger partial charge is 0.323 e. The monoisotopic (exact) mass is 205 g/mol. The Bertz CT molecular complexity index is 194. The standard InChI is InChI=1S/C8H15NO3S/c1-6(2)9(4-8(11)12)7(10)5-13-3/h6H,4-5H2,1-3H3,(H,11,12). The number of carbonyl (C=O) groups is 2. The van der Waals surface area contributed by atoms with E-state index in [0.29, 0.717) is 5.75 Å². The van der Waals surface area contributed by atoms with E-state index in [0.717, 1.165) is 0 Å². The number of thioether (sulfide) groups is 1. The highest BCUT2D eigenvalue weighted by molar-refractivity contribution is 7.99. The van der Waals surface area contributed by atoms with Gasteiger partial charge in [0.05, 0.1) is 5.75 Å². The third-order valence-electron chi connectivity index (χ3n) is 1.52. The molecule has 0 radical (unpaired) electrons. The highest BCUT2D eigenvalue weighted by atomic mass is 32.2. The number of carboxylic acids is 1. The van der Waals surface area contributed by atoms with Crippen molar-refractivity contribution in [3.63, 3.8) is 0 Å². The third-order valence-corrected chi connectivity index (χ3v) is 2.05. The number of carboxylic acid groups (broad SMARTS) is 1. The largest absolute Gasteiger partial charge is 0.480 e. The minimum atomic E-state index is -0.969. The van der Waals surface area contributed by atoms with E-state index in [2.05, 4.69) is 0 Å². The molecule has 0 saturated carbocycles. The number of amides is 1. The van der Waals surface area contributed by atoms with Crippen LogP contribution in [-0.2, 0) is 9.59 Å². The molecule has 1 amide bonds. The van der Waals surface area contributed by atoms with Crippen LogP contribution < -0.4 is 0 Å². The van der Waals surface area contributed by atoms with Crippen LogP contribution in [0.25, 0.3) is 0 Å². The fourth-order valence-corrected chi connectivity index (χ4v) is 1.32. The van der Waals surface area contributed by atoms with Gasteiger partial charge in [0.15, 0.2) is 0 Å². The van der Waals surface area contributed by atoms with Crippen LogP contribution in [0.5, 0.6) is 0 Å². The Hall–Kier alpha value is -0.710. The van der Waals surface area contributed by atoms with Crippen LogP contribution in [0.4, 0.5) is 0 Å². The average molecular weight is 205 g/mol. The van der Waals surface area contributed by atoms with Crippen molar-refractivity contribution in [3.05, 3.63) is 0 Å². The topological polar surface area (TPSA) is 57.6 Å². The first-order valence-corrected chi connectivity index (χ1v) is 5.38. The van der Waals surface area contributed by atoms with E-state index in [9.17, 15) is 9.59 Å². The Morgan fingerprint density at radius 2 is 2.00 bits per heavy atom. The highest BCUT2D eigenvalue weighted by Gasteiger charge is 2.18. The van der Waals surface area contributed by atoms with E-state index in [-0.39, 0.29) is 18.5 Å². The molecule has 5 heteroatoms. The summed E-state index contributed by atoms with van der Waals surface area (Å²) in [6.07, 6.45) is 1.82. The normalized spacial score (nSPS) is 10.2. The van der Waals surface area contributed by atoms with Gasteiger partial charge in [-0.15, -0.1) is 0 Å². The van der Waals surface area contributed by atoms with E-state index < -0.39 is 5.97 Å². The van der Waals surface area contributed by atoms with Crippen molar-refractivity contribution in [1.82, 2.24) is 4.90 Å². The lowest BCUT2D eigenvalue weighted by Gasteiger charge is -2.24. The van der Waals surface area contributed by atoms with Crippen molar-refractivity contribution in [3.8, 4) is 0 Å². The summed E-state index contributed by atoms with van der Waals surface area (Å²) < 4.78 is 0. The van der Waals surface area contributed by atoms with E-state index in [1.807, 2.05) is 6.26 Å². The first kappa shape index (κ1) is 12.3. The zero-order chi connectivity index (χ0) is 10.4. The fraction of sp³-hybridized carbons (Fsp3) is 0.750. The van der Waals surface area contributed by atoms with Gasteiger partial charge in [-0.05, 0) is 20.1 Å². The summed E-state index contributed by atoms with van der Waals surface area (Å²) in [4.78, 5) is 23.1. The predicted octanol–water partition coefficient (Wildman–Crippen LogP) is 0.671. The van der Waals surface area contributed by atoms with E-state index in [4.69, 9.17) is 5.11 Å². The predicted molar refractivity (Wildman–Crippen MR) is 52.9 cm³/mol. The van der Waals surface area contributed by atoms with Crippen LogP contribution in [0.3, 0.4) is 0 Å². The van der Waals surface area contributed by atoms with Gasteiger partial charge in [0.1, 0.15) is 6.54 Å². The molecule has 0 spiro atoms. The van der Waals surface area contributed by atoms with Crippen LogP contribution in [0, 0.1) is 0 Å². The van der Waals surface area contributed by atoms with Gasteiger partial charge in [0.25, 0.3) is 0 Å². The van der Waals surface area contributed by atoms with Crippen LogP contribution in [0.2, 0.25) is 0 Å². The summed E-state index contributed by atoms with van der Waals surface area (Å²) in [7, 11) is 0. The van der Waals surface area contributed by atoms with E-state index in [1.165, 1.54) is 16.7 Å². The lowest BCUT2D eigenvalue weighted by molar-refractivity contribution is -0.144. The molecule has 76 valence electrons. The number of rotatable bonds is 5. The number of nitrogens with zero attached hydrogens (tertiary/aromatic N) is 1. The Morgan fingerprint density at radius 1 is 1.46 bits per heavy atom. The van der Waals surface area contributed by atoms with Gasteiger partial charge in [-0.1, -0.05) is 0 Å². The van der Waals surface area contributed by atoms with Gasteiger partial charge in [0.2, 0.25) is 5.91 Å². The quantitative estimate of drug-likeness (QED) is 0.716. The molecule has 0 aliphatic heterocycles. The molecule has 0 aliphatic carbocycles. The summed E-state index contributed by atoms with van der Waals surface area (Å²) in [5.74, 6) is -0.751. The van der Waals surface area contributed by atoms with Crippen molar-refractivity contribution in [2.75, 3.05) is 18.6 Å². The SMILES string of the molecule is CSCC(=O)N(CC(=O)O)C(C)C. The molecular formula is C8H15NO3S. The van der Waals surface area contributed by atoms with Crippen molar-refractivity contribution >= 4 is 23.6 Å².